The second kappa shape index (κ2) is 20.6. The molecule has 0 aromatic carbocycles. The van der Waals surface area contributed by atoms with Crippen LogP contribution in [0, 0.1) is 0 Å². The molecule has 0 aromatic rings. The van der Waals surface area contributed by atoms with Gasteiger partial charge in [0.15, 0.2) is 0 Å². The Labute approximate surface area is 182 Å². The summed E-state index contributed by atoms with van der Waals surface area (Å²) in [4.78, 5) is 0.230. The first kappa shape index (κ1) is 28.4. The van der Waals surface area contributed by atoms with Crippen LogP contribution in [-0.2, 0) is 20.6 Å². The molecule has 0 saturated carbocycles. The van der Waals surface area contributed by atoms with Crippen molar-refractivity contribution in [2.45, 2.75) is 136 Å². The van der Waals surface area contributed by atoms with Crippen molar-refractivity contribution in [3.63, 3.8) is 0 Å². The summed E-state index contributed by atoms with van der Waals surface area (Å²) in [7, 11) is -4.89. The molecular weight excluding hydrogens is 404 g/mol. The van der Waals surface area contributed by atoms with E-state index < -0.39 is 20.6 Å². The Morgan fingerprint density at radius 3 is 0.897 bits per heavy atom. The molecule has 6 heteroatoms. The minimum atomic E-state index is -2.44. The molecule has 0 aliphatic rings. The summed E-state index contributed by atoms with van der Waals surface area (Å²) in [6.45, 7) is 4.41. The van der Waals surface area contributed by atoms with E-state index in [9.17, 15) is 16.8 Å². The first-order chi connectivity index (χ1) is 14.0. The monoisotopic (exact) mass is 448 g/mol. The van der Waals surface area contributed by atoms with Gasteiger partial charge in [-0.05, 0) is 25.7 Å². The molecule has 0 aliphatic carbocycles. The number of hydrogen-bond donors (Lipinski definition) is 0. The molecule has 0 fully saturated rings. The molecule has 0 atom stereocenters. The predicted octanol–water partition coefficient (Wildman–Crippen LogP) is 6.54. The third-order valence-corrected chi connectivity index (χ3v) is 7.31. The lowest BCUT2D eigenvalue weighted by Crippen LogP contribution is -2.16. The van der Waals surface area contributed by atoms with Gasteiger partial charge in [-0.1, -0.05) is 110 Å². The maximum absolute atomic E-state index is 11.6. The van der Waals surface area contributed by atoms with Gasteiger partial charge in [0.05, 0.1) is 9.73 Å². The zero-order valence-electron chi connectivity index (χ0n) is 18.9. The average molecular weight is 449 g/mol. The van der Waals surface area contributed by atoms with Gasteiger partial charge in [0, 0.05) is 0 Å². The maximum atomic E-state index is 11.6. The van der Waals surface area contributed by atoms with Crippen molar-refractivity contribution in [2.75, 3.05) is 0 Å². The quantitative estimate of drug-likeness (QED) is 0.157. The van der Waals surface area contributed by atoms with Crippen LogP contribution in [0.5, 0.6) is 0 Å². The topological polar surface area (TPSA) is 68.3 Å². The Hall–Kier alpha value is -0.620. The van der Waals surface area contributed by atoms with E-state index in [1.165, 1.54) is 70.6 Å². The molecule has 0 radical (unpaired) electrons. The molecule has 0 bridgehead atoms. The molecule has 0 N–H and O–H groups in total. The lowest BCUT2D eigenvalue weighted by molar-refractivity contribution is 0.568. The Balaban J connectivity index is 4.21. The van der Waals surface area contributed by atoms with Crippen molar-refractivity contribution < 1.29 is 16.8 Å². The van der Waals surface area contributed by atoms with E-state index in [0.717, 1.165) is 38.5 Å². The van der Waals surface area contributed by atoms with Gasteiger partial charge in [0.25, 0.3) is 0 Å². The van der Waals surface area contributed by atoms with Crippen LogP contribution in [-0.4, -0.2) is 26.6 Å². The third kappa shape index (κ3) is 16.8. The Morgan fingerprint density at radius 1 is 0.414 bits per heavy atom. The van der Waals surface area contributed by atoms with Crippen LogP contribution in [0.3, 0.4) is 0 Å². The summed E-state index contributed by atoms with van der Waals surface area (Å²) in [6, 6.07) is 0. The zero-order valence-corrected chi connectivity index (χ0v) is 20.5. The largest absolute Gasteiger partial charge is 0.218 e. The first-order valence-corrected chi connectivity index (χ1v) is 14.1. The SMILES string of the molecule is CCCCCCCCCCCC(C(CCCCCCCCCC)=S(=O)=O)=S(=O)=O. The fourth-order valence-corrected chi connectivity index (χ4v) is 5.25. The highest BCUT2D eigenvalue weighted by atomic mass is 32.2. The van der Waals surface area contributed by atoms with Gasteiger partial charge in [0.2, 0.25) is 20.6 Å². The fraction of sp³-hybridized carbons (Fsp3) is 0.913. The van der Waals surface area contributed by atoms with Crippen LogP contribution in [0.25, 0.3) is 0 Å². The Bertz CT molecular complexity index is 645. The third-order valence-electron chi connectivity index (χ3n) is 5.48. The van der Waals surface area contributed by atoms with Crippen molar-refractivity contribution in [3.8, 4) is 0 Å². The van der Waals surface area contributed by atoms with Crippen LogP contribution in [0.15, 0.2) is 0 Å². The molecule has 0 rings (SSSR count). The van der Waals surface area contributed by atoms with E-state index in [-0.39, 0.29) is 9.73 Å². The molecule has 0 amide bonds. The number of rotatable bonds is 20. The van der Waals surface area contributed by atoms with Crippen LogP contribution in [0.1, 0.15) is 136 Å². The van der Waals surface area contributed by atoms with Crippen molar-refractivity contribution in [1.29, 1.82) is 0 Å². The molecule has 4 nitrogen and oxygen atoms in total. The van der Waals surface area contributed by atoms with Gasteiger partial charge < -0.3 is 0 Å². The second-order valence-corrected chi connectivity index (χ2v) is 10.0. The highest BCUT2D eigenvalue weighted by Gasteiger charge is 2.13. The van der Waals surface area contributed by atoms with Gasteiger partial charge in [-0.25, -0.2) is 0 Å². The molecule has 172 valence electrons. The summed E-state index contributed by atoms with van der Waals surface area (Å²) in [5.41, 5.74) is 0. The van der Waals surface area contributed by atoms with Crippen LogP contribution < -0.4 is 0 Å². The van der Waals surface area contributed by atoms with Crippen molar-refractivity contribution in [1.82, 2.24) is 0 Å². The molecule has 0 unspecified atom stereocenters. The van der Waals surface area contributed by atoms with Crippen molar-refractivity contribution >= 4 is 30.3 Å². The molecule has 0 aliphatic heterocycles. The van der Waals surface area contributed by atoms with Gasteiger partial charge in [-0.15, -0.1) is 0 Å². The number of hydrogen-bond acceptors (Lipinski definition) is 4. The lowest BCUT2D eigenvalue weighted by Gasteiger charge is -2.06. The second-order valence-electron chi connectivity index (χ2n) is 8.12. The van der Waals surface area contributed by atoms with Gasteiger partial charge in [0.1, 0.15) is 0 Å². The maximum Gasteiger partial charge on any atom is 0.218 e. The Kier molecular flexibility index (Phi) is 20.2. The van der Waals surface area contributed by atoms with E-state index >= 15 is 0 Å². The highest BCUT2D eigenvalue weighted by Crippen LogP contribution is 2.13. The van der Waals surface area contributed by atoms with E-state index in [2.05, 4.69) is 13.8 Å². The van der Waals surface area contributed by atoms with Gasteiger partial charge >= 0.3 is 0 Å². The minimum absolute atomic E-state index is 0.115. The van der Waals surface area contributed by atoms with Gasteiger partial charge in [-0.3, -0.25) is 0 Å². The summed E-state index contributed by atoms with van der Waals surface area (Å²) in [5.74, 6) is 0. The highest BCUT2D eigenvalue weighted by molar-refractivity contribution is 7.82. The summed E-state index contributed by atoms with van der Waals surface area (Å²) in [6.07, 6.45) is 20.1. The predicted molar refractivity (Wildman–Crippen MR) is 127 cm³/mol. The van der Waals surface area contributed by atoms with Crippen molar-refractivity contribution in [3.05, 3.63) is 0 Å². The van der Waals surface area contributed by atoms with Crippen LogP contribution in [0.2, 0.25) is 0 Å². The Morgan fingerprint density at radius 2 is 0.655 bits per heavy atom. The minimum Gasteiger partial charge on any atom is -0.184 e. The molecular formula is C23H44O4S2. The van der Waals surface area contributed by atoms with Crippen molar-refractivity contribution in [2.24, 2.45) is 0 Å². The summed E-state index contributed by atoms with van der Waals surface area (Å²) in [5, 5.41) is 0. The zero-order chi connectivity index (χ0) is 21.7. The number of unbranched alkanes of at least 4 members (excludes halogenated alkanes) is 15. The lowest BCUT2D eigenvalue weighted by atomic mass is 10.0. The summed E-state index contributed by atoms with van der Waals surface area (Å²) >= 11 is 0. The smallest absolute Gasteiger partial charge is 0.184 e. The van der Waals surface area contributed by atoms with Gasteiger partial charge in [-0.2, -0.15) is 16.8 Å². The normalized spacial score (nSPS) is 10.8. The van der Waals surface area contributed by atoms with E-state index in [1.807, 2.05) is 0 Å². The fourth-order valence-electron chi connectivity index (χ4n) is 3.65. The average Bonchev–Trinajstić information content (AvgIpc) is 2.68. The van der Waals surface area contributed by atoms with E-state index in [4.69, 9.17) is 0 Å². The molecule has 0 heterocycles. The van der Waals surface area contributed by atoms with Crippen LogP contribution in [0.4, 0.5) is 0 Å². The molecule has 0 saturated heterocycles. The first-order valence-electron chi connectivity index (χ1n) is 11.9. The summed E-state index contributed by atoms with van der Waals surface area (Å²) < 4.78 is 46.5. The van der Waals surface area contributed by atoms with E-state index in [0.29, 0.717) is 12.8 Å². The standard InChI is InChI=1S/C23H44O4S2/c1-3-5-7-9-11-13-15-17-19-21-23(29(26)27)22(28(24)25)20-18-16-14-12-10-8-6-4-2/h3-21H2,1-2H3. The molecule has 0 spiro atoms. The van der Waals surface area contributed by atoms with Crippen LogP contribution >= 0.6 is 0 Å². The van der Waals surface area contributed by atoms with E-state index in [1.54, 1.807) is 0 Å². The molecule has 29 heavy (non-hydrogen) atoms. The molecule has 0 aromatic heterocycles.